The topological polar surface area (TPSA) is 78.4 Å². The Balaban J connectivity index is 3.39. The third-order valence-corrected chi connectivity index (χ3v) is 1.15. The van der Waals surface area contributed by atoms with Crippen LogP contribution in [-0.2, 0) is 10.1 Å². The molecule has 10 heavy (non-hydrogen) atoms. The molecule has 0 unspecified atom stereocenters. The summed E-state index contributed by atoms with van der Waals surface area (Å²) in [5.74, 6) is -0.467. The van der Waals surface area contributed by atoms with Crippen molar-refractivity contribution in [2.75, 3.05) is 5.88 Å². The molecule has 0 saturated heterocycles. The summed E-state index contributed by atoms with van der Waals surface area (Å²) in [6.45, 7) is 3.69. The molecule has 0 rings (SSSR count). The fraction of sp³-hybridized carbons (Fsp3) is 1.00. The van der Waals surface area contributed by atoms with Gasteiger partial charge in [0, 0.05) is 6.04 Å². The average molecular weight is 168 g/mol. The van der Waals surface area contributed by atoms with E-state index in [-0.39, 0.29) is 6.04 Å². The van der Waals surface area contributed by atoms with Gasteiger partial charge in [-0.3, -0.25) is 9.98 Å². The van der Waals surface area contributed by atoms with Gasteiger partial charge < -0.3 is 0 Å². The lowest BCUT2D eigenvalue weighted by Crippen LogP contribution is -2.40. The van der Waals surface area contributed by atoms with E-state index in [1.54, 1.807) is 0 Å². The minimum Gasteiger partial charge on any atom is -0.285 e. The molecule has 0 aliphatic heterocycles. The fourth-order valence-corrected chi connectivity index (χ4v) is 0.603. The second-order valence-electron chi connectivity index (χ2n) is 2.20. The van der Waals surface area contributed by atoms with Gasteiger partial charge in [-0.15, -0.1) is 0 Å². The molecule has 0 aliphatic carbocycles. The monoisotopic (exact) mass is 168 g/mol. The van der Waals surface area contributed by atoms with Gasteiger partial charge in [-0.1, -0.05) is 0 Å². The Labute approximate surface area is 60.5 Å². The summed E-state index contributed by atoms with van der Waals surface area (Å²) in [5, 5.41) is 0. The first-order chi connectivity index (χ1) is 4.42. The van der Waals surface area contributed by atoms with Gasteiger partial charge in [0.05, 0.1) is 0 Å². The van der Waals surface area contributed by atoms with E-state index < -0.39 is 16.0 Å². The normalized spacial score (nSPS) is 12.4. The number of hydrazine groups is 1. The van der Waals surface area contributed by atoms with E-state index in [0.29, 0.717) is 0 Å². The third kappa shape index (κ3) is 7.83. The van der Waals surface area contributed by atoms with Crippen LogP contribution in [-0.4, -0.2) is 24.9 Å². The second-order valence-corrected chi connectivity index (χ2v) is 3.65. The van der Waals surface area contributed by atoms with Gasteiger partial charge in [-0.25, -0.2) is 5.43 Å². The van der Waals surface area contributed by atoms with Crippen LogP contribution in [0.15, 0.2) is 0 Å². The van der Waals surface area contributed by atoms with Gasteiger partial charge in [-0.05, 0) is 13.8 Å². The minimum atomic E-state index is -3.89. The van der Waals surface area contributed by atoms with E-state index in [2.05, 4.69) is 10.9 Å². The van der Waals surface area contributed by atoms with E-state index in [1.165, 1.54) is 0 Å². The van der Waals surface area contributed by atoms with Crippen LogP contribution in [0, 0.1) is 0 Å². The molecule has 62 valence electrons. The van der Waals surface area contributed by atoms with Crippen molar-refractivity contribution in [1.29, 1.82) is 0 Å². The van der Waals surface area contributed by atoms with Gasteiger partial charge in [0.15, 0.2) is 0 Å². The maximum absolute atomic E-state index is 10.1. The van der Waals surface area contributed by atoms with E-state index >= 15 is 0 Å². The van der Waals surface area contributed by atoms with E-state index in [9.17, 15) is 8.42 Å². The molecule has 0 aromatic rings. The predicted molar refractivity (Wildman–Crippen MR) is 37.8 cm³/mol. The summed E-state index contributed by atoms with van der Waals surface area (Å²) >= 11 is 0. The van der Waals surface area contributed by atoms with Gasteiger partial charge in [-0.2, -0.15) is 8.42 Å². The van der Waals surface area contributed by atoms with Crippen LogP contribution in [0.2, 0.25) is 0 Å². The van der Waals surface area contributed by atoms with Crippen LogP contribution < -0.4 is 10.9 Å². The van der Waals surface area contributed by atoms with Gasteiger partial charge >= 0.3 is 0 Å². The number of rotatable bonds is 4. The molecule has 0 amide bonds. The molecule has 0 fully saturated rings. The van der Waals surface area contributed by atoms with Crippen molar-refractivity contribution in [3.8, 4) is 0 Å². The zero-order valence-corrected chi connectivity index (χ0v) is 6.77. The first-order valence-electron chi connectivity index (χ1n) is 2.85. The van der Waals surface area contributed by atoms with Crippen molar-refractivity contribution >= 4 is 10.1 Å². The lowest BCUT2D eigenvalue weighted by atomic mass is 10.4. The van der Waals surface area contributed by atoms with Gasteiger partial charge in [0.1, 0.15) is 5.88 Å². The molecule has 0 bridgehead atoms. The highest BCUT2D eigenvalue weighted by Crippen LogP contribution is 1.75. The van der Waals surface area contributed by atoms with Crippen molar-refractivity contribution in [2.45, 2.75) is 19.9 Å². The Bertz CT molecular complexity index is 175. The third-order valence-electron chi connectivity index (χ3n) is 0.645. The molecular formula is C4H12N2O3S. The summed E-state index contributed by atoms with van der Waals surface area (Å²) in [6.07, 6.45) is 0. The second kappa shape index (κ2) is 3.87. The maximum atomic E-state index is 10.1. The summed E-state index contributed by atoms with van der Waals surface area (Å²) in [4.78, 5) is 0. The highest BCUT2D eigenvalue weighted by atomic mass is 32.2. The number of nitrogens with one attached hydrogen (secondary N) is 2. The fourth-order valence-electron chi connectivity index (χ4n) is 0.337. The van der Waals surface area contributed by atoms with Crippen LogP contribution in [0.5, 0.6) is 0 Å². The van der Waals surface area contributed by atoms with Crippen LogP contribution in [0.3, 0.4) is 0 Å². The van der Waals surface area contributed by atoms with Crippen LogP contribution in [0.25, 0.3) is 0 Å². The molecule has 6 heteroatoms. The number of hydrogen-bond donors (Lipinski definition) is 3. The molecule has 0 atom stereocenters. The Hall–Kier alpha value is -0.170. The summed E-state index contributed by atoms with van der Waals surface area (Å²) in [7, 11) is -3.89. The van der Waals surface area contributed by atoms with Crippen molar-refractivity contribution in [1.82, 2.24) is 10.9 Å². The Morgan fingerprint density at radius 2 is 2.00 bits per heavy atom. The smallest absolute Gasteiger partial charge is 0.279 e. The molecule has 0 spiro atoms. The van der Waals surface area contributed by atoms with E-state index in [1.807, 2.05) is 13.8 Å². The molecule has 3 N–H and O–H groups in total. The summed E-state index contributed by atoms with van der Waals surface area (Å²) in [6, 6.07) is 0.141. The zero-order valence-electron chi connectivity index (χ0n) is 5.96. The highest BCUT2D eigenvalue weighted by molar-refractivity contribution is 7.85. The summed E-state index contributed by atoms with van der Waals surface area (Å²) < 4.78 is 28.3. The first-order valence-corrected chi connectivity index (χ1v) is 4.46. The first kappa shape index (κ1) is 9.83. The van der Waals surface area contributed by atoms with Crippen molar-refractivity contribution < 1.29 is 13.0 Å². The molecule has 0 aromatic heterocycles. The van der Waals surface area contributed by atoms with E-state index in [0.717, 1.165) is 0 Å². The summed E-state index contributed by atoms with van der Waals surface area (Å²) in [5.41, 5.74) is 4.95. The zero-order chi connectivity index (χ0) is 8.20. The van der Waals surface area contributed by atoms with Crippen molar-refractivity contribution in [3.63, 3.8) is 0 Å². The SMILES string of the molecule is CC(C)NNCS(=O)(=O)O. The Morgan fingerprint density at radius 1 is 1.50 bits per heavy atom. The van der Waals surface area contributed by atoms with Crippen LogP contribution in [0.1, 0.15) is 13.8 Å². The predicted octanol–water partition coefficient (Wildman–Crippen LogP) is -0.666. The maximum Gasteiger partial charge on any atom is 0.279 e. The van der Waals surface area contributed by atoms with E-state index in [4.69, 9.17) is 4.55 Å². The molecule has 0 aromatic carbocycles. The van der Waals surface area contributed by atoms with Crippen LogP contribution in [0.4, 0.5) is 0 Å². The largest absolute Gasteiger partial charge is 0.285 e. The highest BCUT2D eigenvalue weighted by Gasteiger charge is 2.01. The van der Waals surface area contributed by atoms with Crippen molar-refractivity contribution in [3.05, 3.63) is 0 Å². The molecule has 0 radical (unpaired) electrons. The lowest BCUT2D eigenvalue weighted by molar-refractivity contribution is 0.451. The number of hydrogen-bond acceptors (Lipinski definition) is 4. The Kier molecular flexibility index (Phi) is 3.80. The minimum absolute atomic E-state index is 0.141. The molecule has 0 heterocycles. The average Bonchev–Trinajstić information content (AvgIpc) is 1.59. The molecule has 5 nitrogen and oxygen atoms in total. The molecule has 0 saturated carbocycles. The standard InChI is InChI=1S/C4H12N2O3S/c1-4(2)6-5-3-10(7,8)9/h4-6H,3H2,1-2H3,(H,7,8,9). The van der Waals surface area contributed by atoms with Gasteiger partial charge in [0.2, 0.25) is 0 Å². The quantitative estimate of drug-likeness (QED) is 0.383. The Morgan fingerprint density at radius 3 is 2.30 bits per heavy atom. The molecular weight excluding hydrogens is 156 g/mol. The molecule has 0 aliphatic rings. The van der Waals surface area contributed by atoms with Crippen molar-refractivity contribution in [2.24, 2.45) is 0 Å². The van der Waals surface area contributed by atoms with Crippen LogP contribution >= 0.6 is 0 Å². The lowest BCUT2D eigenvalue weighted by Gasteiger charge is -2.07. The van der Waals surface area contributed by atoms with Gasteiger partial charge in [0.25, 0.3) is 10.1 Å².